The number of thioether (sulfide) groups is 1. The van der Waals surface area contributed by atoms with Crippen molar-refractivity contribution >= 4 is 203 Å². The van der Waals surface area contributed by atoms with Gasteiger partial charge in [-0.2, -0.15) is 18.2 Å². The largest absolute Gasteiger partial charge is 0.415 e. The summed E-state index contributed by atoms with van der Waals surface area (Å²) in [4.78, 5) is 34.2. The summed E-state index contributed by atoms with van der Waals surface area (Å²) in [5.41, 5.74) is -7.97. The molecule has 1 aromatic heterocycles. The molecule has 1 aliphatic rings. The second kappa shape index (κ2) is 18.3. The number of carbonyl (C=O) groups excluding carboxylic acids is 1. The van der Waals surface area contributed by atoms with Gasteiger partial charge in [-0.25, -0.2) is 4.39 Å². The van der Waals surface area contributed by atoms with Crippen LogP contribution in [0.3, 0.4) is 0 Å². The lowest BCUT2D eigenvalue weighted by atomic mass is 9.33. The summed E-state index contributed by atoms with van der Waals surface area (Å²) in [6.07, 6.45) is -4.25. The van der Waals surface area contributed by atoms with E-state index in [2.05, 4.69) is 4.98 Å². The molecule has 65 heavy (non-hydrogen) atoms. The first kappa shape index (κ1) is 53.2. The maximum absolute atomic E-state index is 15.5. The van der Waals surface area contributed by atoms with Gasteiger partial charge in [-0.15, -0.1) is 0 Å². The molecule has 0 unspecified atom stereocenters. The molecule has 36 radical (unpaired) electrons. The highest BCUT2D eigenvalue weighted by Crippen LogP contribution is 2.37. The van der Waals surface area contributed by atoms with Crippen LogP contribution >= 0.6 is 11.8 Å². The van der Waals surface area contributed by atoms with Crippen molar-refractivity contribution in [3.05, 3.63) is 68.4 Å². The van der Waals surface area contributed by atoms with E-state index in [1.54, 1.807) is 0 Å². The Morgan fingerprint density at radius 2 is 1.17 bits per heavy atom. The number of rotatable bonds is 13. The molecule has 0 spiro atoms. The van der Waals surface area contributed by atoms with Crippen molar-refractivity contribution in [2.45, 2.75) is 83.4 Å². The van der Waals surface area contributed by atoms with Crippen LogP contribution in [0.1, 0.15) is 48.2 Å². The van der Waals surface area contributed by atoms with E-state index >= 15 is 4.79 Å². The van der Waals surface area contributed by atoms with Crippen LogP contribution in [-0.4, -0.2) is 188 Å². The summed E-state index contributed by atoms with van der Waals surface area (Å²) < 4.78 is 56.9. The number of carbonyl (C=O) groups is 1. The van der Waals surface area contributed by atoms with Crippen molar-refractivity contribution in [1.29, 1.82) is 0 Å². The fourth-order valence-corrected chi connectivity index (χ4v) is 9.04. The Hall–Kier alpha value is -2.79. The monoisotopic (exact) mass is 846 g/mol. The Balaban J connectivity index is 1.79. The zero-order valence-corrected chi connectivity index (χ0v) is 36.1. The normalized spacial score (nSPS) is 13.8. The van der Waals surface area contributed by atoms with Crippen molar-refractivity contribution < 1.29 is 22.4 Å². The van der Waals surface area contributed by atoms with Crippen molar-refractivity contribution in [2.75, 3.05) is 0 Å². The van der Waals surface area contributed by atoms with E-state index in [1.807, 2.05) is 0 Å². The first-order valence-electron chi connectivity index (χ1n) is 19.1. The molecule has 29 heteroatoms. The van der Waals surface area contributed by atoms with E-state index in [-0.39, 0.29) is 40.6 Å². The Bertz CT molecular complexity index is 2550. The van der Waals surface area contributed by atoms with Gasteiger partial charge in [0, 0.05) is 34.5 Å². The van der Waals surface area contributed by atoms with Gasteiger partial charge in [0.05, 0.1) is 62.8 Å². The van der Waals surface area contributed by atoms with Gasteiger partial charge in [0.2, 0.25) is 5.91 Å². The zero-order valence-electron chi connectivity index (χ0n) is 35.3. The van der Waals surface area contributed by atoms with Crippen LogP contribution in [0.4, 0.5) is 17.6 Å². The number of fused-ring (bicyclic) bond motifs is 1. The lowest BCUT2D eigenvalue weighted by Crippen LogP contribution is -2.82. The van der Waals surface area contributed by atoms with E-state index in [0.29, 0.717) is 21.8 Å². The Morgan fingerprint density at radius 3 is 1.62 bits per heavy atom. The standard InChI is InChI=1S/C36H20B18F4N4O2S/c1-31(45,46)62(32(2,47)48)36(53,54)35(51,52)60(10-15-20(37)22(39)17(23(40)21(15)38)18-24(41)26(43)19(34(56,57)58)27(44)25(18)42)29(64)33(49,50)61-16-5-3-4-14(16)28(63)59-30(61)65-11-12-6-8-13(55)9-7-12/h6-9H,3-5,10-11H2,1-2H3. The van der Waals surface area contributed by atoms with E-state index in [4.69, 9.17) is 141 Å². The minimum absolute atomic E-state index is 0.0707. The highest BCUT2D eigenvalue weighted by Gasteiger charge is 2.52. The fourth-order valence-electron chi connectivity index (χ4n) is 8.01. The molecule has 0 saturated carbocycles. The SMILES string of the molecule is [B]c1c([B])c(-c2c([B])c([B])c(C(F)(F)F)c([B])c2[B])c([B])c([B])c1CN(C(=O)C([B])([B])n1c(SCc2ccc(F)cc2)nc(=O)c2c1CCC2)C([B])([B])C([B])([B])N(C([B])([B])C)C([B])([B])C. The molecular weight excluding hydrogens is 823 g/mol. The number of nitrogens with zero attached hydrogens (tertiary/aromatic N) is 4. The molecule has 0 saturated heterocycles. The van der Waals surface area contributed by atoms with E-state index in [0.717, 1.165) is 16.3 Å². The van der Waals surface area contributed by atoms with Crippen molar-refractivity contribution in [3.63, 3.8) is 0 Å². The van der Waals surface area contributed by atoms with Crippen molar-refractivity contribution in [1.82, 2.24) is 19.4 Å². The van der Waals surface area contributed by atoms with Crippen LogP contribution in [0.15, 0.2) is 34.2 Å². The lowest BCUT2D eigenvalue weighted by Gasteiger charge is -2.66. The predicted octanol–water partition coefficient (Wildman–Crippen LogP) is -7.52. The third-order valence-electron chi connectivity index (χ3n) is 11.0. The third-order valence-corrected chi connectivity index (χ3v) is 12.1. The first-order valence-corrected chi connectivity index (χ1v) is 20.1. The average molecular weight is 843 g/mol. The third kappa shape index (κ3) is 9.64. The number of alkyl halides is 3. The van der Waals surface area contributed by atoms with Gasteiger partial charge in [-0.05, 0) is 64.3 Å². The Morgan fingerprint density at radius 1 is 0.708 bits per heavy atom. The maximum atomic E-state index is 15.5. The van der Waals surface area contributed by atoms with Crippen LogP contribution in [0.2, 0.25) is 0 Å². The predicted molar refractivity (Wildman–Crippen MR) is 267 cm³/mol. The smallest absolute Gasteiger partial charge is 0.349 e. The van der Waals surface area contributed by atoms with Gasteiger partial charge in [-0.3, -0.25) is 9.59 Å². The number of hydrogen-bond donors (Lipinski definition) is 0. The summed E-state index contributed by atoms with van der Waals surface area (Å²) in [6.45, 7) is 1.34. The molecule has 1 amide bonds. The highest BCUT2D eigenvalue weighted by molar-refractivity contribution is 7.98. The molecule has 0 bridgehead atoms. The molecule has 1 aliphatic carbocycles. The van der Waals surface area contributed by atoms with Gasteiger partial charge >= 0.3 is 6.18 Å². The molecule has 0 N–H and O–H groups in total. The number of amides is 1. The molecule has 6 nitrogen and oxygen atoms in total. The number of halogens is 4. The summed E-state index contributed by atoms with van der Waals surface area (Å²) in [5, 5.41) is -13.3. The molecule has 0 atom stereocenters. The topological polar surface area (TPSA) is 58.4 Å². The van der Waals surface area contributed by atoms with Crippen molar-refractivity contribution in [3.8, 4) is 11.1 Å². The molecule has 0 aliphatic heterocycles. The molecule has 5 rings (SSSR count). The van der Waals surface area contributed by atoms with Gasteiger partial charge in [0.25, 0.3) is 5.56 Å². The van der Waals surface area contributed by atoms with Crippen LogP contribution in [0.5, 0.6) is 0 Å². The molecule has 284 valence electrons. The van der Waals surface area contributed by atoms with Crippen LogP contribution in [-0.2, 0) is 41.4 Å². The highest BCUT2D eigenvalue weighted by atomic mass is 32.2. The summed E-state index contributed by atoms with van der Waals surface area (Å²) in [7, 11) is 116. The Kier molecular flexibility index (Phi) is 14.9. The molecule has 3 aromatic carbocycles. The molecule has 4 aromatic rings. The van der Waals surface area contributed by atoms with Gasteiger partial charge < -0.3 is 14.4 Å². The second-order valence-corrected chi connectivity index (χ2v) is 17.2. The van der Waals surface area contributed by atoms with Crippen LogP contribution in [0.25, 0.3) is 11.1 Å². The fraction of sp³-hybridized carbons (Fsp3) is 0.361. The van der Waals surface area contributed by atoms with Gasteiger partial charge in [0.15, 0.2) is 5.16 Å². The summed E-state index contributed by atoms with van der Waals surface area (Å²) in [5.74, 6) is -1.85. The van der Waals surface area contributed by atoms with Gasteiger partial charge in [0.1, 0.15) is 84.3 Å². The molecular formula is C36H20B18F4N4O2S. The van der Waals surface area contributed by atoms with Gasteiger partial charge in [-0.1, -0.05) is 92.1 Å². The minimum atomic E-state index is -5.09. The van der Waals surface area contributed by atoms with Crippen LogP contribution in [0, 0.1) is 5.82 Å². The van der Waals surface area contributed by atoms with Crippen LogP contribution < -0.4 is 49.3 Å². The number of benzene rings is 3. The minimum Gasteiger partial charge on any atom is -0.349 e. The summed E-state index contributed by atoms with van der Waals surface area (Å²) >= 11 is 0.924. The quantitative estimate of drug-likeness (QED) is 0.0581. The first-order chi connectivity index (χ1) is 29.5. The Labute approximate surface area is 405 Å². The number of hydrogen-bond acceptors (Lipinski definition) is 5. The summed E-state index contributed by atoms with van der Waals surface area (Å²) in [6, 6.07) is 5.41. The van der Waals surface area contributed by atoms with E-state index in [1.165, 1.54) is 38.1 Å². The lowest BCUT2D eigenvalue weighted by molar-refractivity contribution is -0.138. The maximum Gasteiger partial charge on any atom is 0.415 e. The van der Waals surface area contributed by atoms with E-state index < -0.39 is 117 Å². The second-order valence-electron chi connectivity index (χ2n) is 16.3. The average Bonchev–Trinajstić information content (AvgIpc) is 3.65. The number of aromatic nitrogens is 2. The molecule has 1 heterocycles. The van der Waals surface area contributed by atoms with Crippen molar-refractivity contribution in [2.24, 2.45) is 0 Å². The van der Waals surface area contributed by atoms with E-state index in [9.17, 15) is 22.4 Å². The zero-order chi connectivity index (χ0) is 49.5. The molecule has 0 fully saturated rings.